The Hall–Kier alpha value is -3.97. The number of carbonyl (C=O) groups is 2. The van der Waals surface area contributed by atoms with Crippen molar-refractivity contribution in [2.75, 3.05) is 26.0 Å². The van der Waals surface area contributed by atoms with Crippen LogP contribution in [0, 0.1) is 11.6 Å². The number of hydrogen-bond donors (Lipinski definition) is 2. The maximum absolute atomic E-state index is 15.4. The average molecular weight is 586 g/mol. The number of nitrogens with zero attached hydrogens (tertiary/aromatic N) is 4. The highest BCUT2D eigenvalue weighted by Gasteiger charge is 2.40. The number of H-pyrrole nitrogens is 1. The summed E-state index contributed by atoms with van der Waals surface area (Å²) in [6.07, 6.45) is -24.4. The van der Waals surface area contributed by atoms with Gasteiger partial charge in [0, 0.05) is 55.4 Å². The van der Waals surface area contributed by atoms with Gasteiger partial charge < -0.3 is 15.1 Å². The Bertz CT molecular complexity index is 2300. The van der Waals surface area contributed by atoms with E-state index in [1.807, 2.05) is 4.98 Å². The van der Waals surface area contributed by atoms with Crippen LogP contribution in [0.15, 0.2) is 41.3 Å². The number of imidazole rings is 1. The van der Waals surface area contributed by atoms with Crippen LogP contribution in [-0.2, 0) is 4.79 Å². The van der Waals surface area contributed by atoms with Crippen LogP contribution in [-0.4, -0.2) is 74.5 Å². The summed E-state index contributed by atoms with van der Waals surface area (Å²) in [4.78, 5) is 44.3. The Balaban J connectivity index is 1.81. The van der Waals surface area contributed by atoms with E-state index in [1.54, 1.807) is 0 Å². The molecule has 9 nitrogen and oxygen atoms in total. The molecule has 2 saturated heterocycles. The number of urea groups is 1. The standard InChI is InChI=1S/C26H27F5N6O3/c27-18-4-1-3-17(21(18)28)15-6-7-19(23(38)36(13-15)14-26(29,30)31)33-24(39)35-11-8-16(9-12-35)37-20-5-2-10-32-22(20)34-25(37)40/h1-5,10,15-16,19H,6-9,11-14H2,(H,33,39)(H,32,34,40)/t15-,19-/m1/s1/i6D2,7D2,8D2,9D2,11D2,12D2,13D2,14D2,15D,16D,19D. The van der Waals surface area contributed by atoms with Gasteiger partial charge in [0.1, 0.15) is 12.5 Å². The molecule has 1 aromatic carbocycles. The van der Waals surface area contributed by atoms with Crippen molar-refractivity contribution in [2.24, 2.45) is 0 Å². The number of nitrogens with one attached hydrogen (secondary N) is 2. The number of hydrogen-bond acceptors (Lipinski definition) is 4. The van der Waals surface area contributed by atoms with Gasteiger partial charge in [-0.05, 0) is 49.3 Å². The Morgan fingerprint density at radius 2 is 1.90 bits per heavy atom. The average Bonchev–Trinajstić information content (AvgIpc) is 3.41. The molecule has 3 aromatic rings. The molecule has 0 spiro atoms. The van der Waals surface area contributed by atoms with Gasteiger partial charge in [-0.3, -0.25) is 14.3 Å². The lowest BCUT2D eigenvalue weighted by atomic mass is 9.93. The fourth-order valence-corrected chi connectivity index (χ4v) is 3.41. The summed E-state index contributed by atoms with van der Waals surface area (Å²) >= 11 is 0. The number of carbonyl (C=O) groups excluding carboxylic acids is 2. The van der Waals surface area contributed by atoms with Crippen LogP contribution in [0.3, 0.4) is 0 Å². The summed E-state index contributed by atoms with van der Waals surface area (Å²) in [6, 6.07) is -9.38. The number of benzene rings is 1. The quantitative estimate of drug-likeness (QED) is 0.456. The second-order valence-electron chi connectivity index (χ2n) is 7.69. The third-order valence-electron chi connectivity index (χ3n) is 5.10. The number of rotatable bonds is 4. The normalized spacial score (nSPS) is 41.7. The molecule has 0 bridgehead atoms. The second-order valence-corrected chi connectivity index (χ2v) is 7.69. The summed E-state index contributed by atoms with van der Waals surface area (Å²) in [5.41, 5.74) is -4.70. The van der Waals surface area contributed by atoms with Gasteiger partial charge >= 0.3 is 17.9 Å². The summed E-state index contributed by atoms with van der Waals surface area (Å²) in [5.74, 6) is -12.7. The number of aromatic nitrogens is 3. The molecule has 3 amide bonds. The second kappa shape index (κ2) is 10.9. The summed E-state index contributed by atoms with van der Waals surface area (Å²) < 4.78 is 236. The van der Waals surface area contributed by atoms with Crippen molar-refractivity contribution in [1.82, 2.24) is 29.7 Å². The molecule has 2 fully saturated rings. The fraction of sp³-hybridized carbons (Fsp3) is 0.462. The van der Waals surface area contributed by atoms with E-state index >= 15 is 4.39 Å². The molecule has 0 aliphatic carbocycles. The molecule has 0 saturated carbocycles. The molecular weight excluding hydrogens is 539 g/mol. The molecule has 14 heteroatoms. The first-order valence-corrected chi connectivity index (χ1v) is 10.8. The zero-order valence-electron chi connectivity index (χ0n) is 38.4. The summed E-state index contributed by atoms with van der Waals surface area (Å²) in [7, 11) is 0. The molecular formula is C26H27F5N6O3. The number of fused-ring (bicyclic) bond motifs is 1. The van der Waals surface area contributed by atoms with Gasteiger partial charge in [-0.2, -0.15) is 13.2 Å². The van der Waals surface area contributed by atoms with Gasteiger partial charge in [0.2, 0.25) is 5.91 Å². The monoisotopic (exact) mass is 585 g/mol. The molecule has 2 aromatic heterocycles. The molecule has 2 aliphatic rings. The van der Waals surface area contributed by atoms with Crippen molar-refractivity contribution in [3.8, 4) is 0 Å². The first-order valence-electron chi connectivity index (χ1n) is 20.3. The van der Waals surface area contributed by atoms with Gasteiger partial charge in [-0.1, -0.05) is 12.1 Å². The van der Waals surface area contributed by atoms with E-state index in [4.69, 9.17) is 26.0 Å². The highest BCUT2D eigenvalue weighted by molar-refractivity contribution is 5.87. The number of alkyl halides is 3. The maximum Gasteiger partial charge on any atom is 0.406 e. The minimum absolute atomic E-state index is 0.0905. The molecule has 0 unspecified atom stereocenters. The Labute approximate surface area is 251 Å². The molecule has 0 radical (unpaired) electrons. The highest BCUT2D eigenvalue weighted by Crippen LogP contribution is 2.32. The van der Waals surface area contributed by atoms with Crippen LogP contribution in [0.25, 0.3) is 11.2 Å². The van der Waals surface area contributed by atoms with Crippen LogP contribution in [0.5, 0.6) is 0 Å². The van der Waals surface area contributed by atoms with Crippen LogP contribution < -0.4 is 11.0 Å². The lowest BCUT2D eigenvalue weighted by molar-refractivity contribution is -0.162. The minimum atomic E-state index is -6.56. The Morgan fingerprint density at radius 3 is 2.62 bits per heavy atom. The third-order valence-corrected chi connectivity index (χ3v) is 5.10. The van der Waals surface area contributed by atoms with Crippen molar-refractivity contribution in [2.45, 2.75) is 49.6 Å². The van der Waals surface area contributed by atoms with E-state index in [-0.39, 0.29) is 16.7 Å². The maximum atomic E-state index is 15.4. The Morgan fingerprint density at radius 1 is 1.15 bits per heavy atom. The molecule has 2 N–H and O–H groups in total. The number of likely N-dealkylation sites (tertiary alicyclic amines) is 2. The first-order chi connectivity index (χ1) is 26.2. The zero-order chi connectivity index (χ0) is 45.7. The van der Waals surface area contributed by atoms with Gasteiger partial charge in [0.25, 0.3) is 0 Å². The third kappa shape index (κ3) is 5.65. The number of halogens is 5. The molecule has 40 heavy (non-hydrogen) atoms. The van der Waals surface area contributed by atoms with Crippen molar-refractivity contribution < 1.29 is 57.6 Å². The van der Waals surface area contributed by atoms with Crippen molar-refractivity contribution in [3.05, 3.63) is 64.2 Å². The SMILES string of the molecule is [2H]C([2H])(N1C(=O)[C@]([2H])(NC(=O)N2C([2H])([2H])C([2H])([2H])C([2H])(n3c(=O)[nH]c4ncccc43)C([2H])([2H])C2([2H])[2H])C([2H])([2H])C([2H])([2H])[C@@]([2H])(c2cccc(F)c2F)C1([2H])[2H])C(F)(F)F. The highest BCUT2D eigenvalue weighted by atomic mass is 19.4. The smallest absolute Gasteiger partial charge is 0.331 e. The summed E-state index contributed by atoms with van der Waals surface area (Å²) in [6.45, 7) is -19.9. The topological polar surface area (TPSA) is 103 Å². The van der Waals surface area contributed by atoms with E-state index in [1.165, 1.54) is 0 Å². The lowest BCUT2D eigenvalue weighted by Gasteiger charge is -2.34. The molecule has 214 valence electrons. The van der Waals surface area contributed by atoms with E-state index in [9.17, 15) is 31.9 Å². The van der Waals surface area contributed by atoms with E-state index in [0.29, 0.717) is 6.07 Å². The molecule has 2 aliphatic heterocycles. The molecule has 2 atom stereocenters. The van der Waals surface area contributed by atoms with E-state index in [2.05, 4.69) is 4.98 Å². The van der Waals surface area contributed by atoms with Crippen molar-refractivity contribution >= 4 is 23.1 Å². The zero-order valence-corrected chi connectivity index (χ0v) is 19.4. The van der Waals surface area contributed by atoms with Gasteiger partial charge in [0.15, 0.2) is 17.3 Å². The molecule has 5 rings (SSSR count). The van der Waals surface area contributed by atoms with Gasteiger partial charge in [-0.15, -0.1) is 0 Å². The number of piperidine rings is 1. The van der Waals surface area contributed by atoms with Crippen LogP contribution >= 0.6 is 0 Å². The largest absolute Gasteiger partial charge is 0.406 e. The fourth-order valence-electron chi connectivity index (χ4n) is 3.41. The van der Waals surface area contributed by atoms with Crippen LogP contribution in [0.1, 0.15) is 69.0 Å². The lowest BCUT2D eigenvalue weighted by Crippen LogP contribution is -2.54. The van der Waals surface area contributed by atoms with Crippen LogP contribution in [0.4, 0.5) is 26.7 Å². The summed E-state index contributed by atoms with van der Waals surface area (Å²) in [5, 5.41) is 0.833. The predicted octanol–water partition coefficient (Wildman–Crippen LogP) is 3.69. The number of amides is 3. The van der Waals surface area contributed by atoms with E-state index < -0.39 is 131 Å². The predicted molar refractivity (Wildman–Crippen MR) is 133 cm³/mol. The molecule has 4 heterocycles. The minimum Gasteiger partial charge on any atom is -0.331 e. The van der Waals surface area contributed by atoms with Crippen molar-refractivity contribution in [3.63, 3.8) is 0 Å². The number of aromatic amines is 1. The van der Waals surface area contributed by atoms with Crippen molar-refractivity contribution in [1.29, 1.82) is 0 Å². The number of pyridine rings is 1. The van der Waals surface area contributed by atoms with E-state index in [0.717, 1.165) is 23.6 Å². The van der Waals surface area contributed by atoms with Crippen LogP contribution in [0.2, 0.25) is 0 Å². The van der Waals surface area contributed by atoms with Gasteiger partial charge in [-0.25, -0.2) is 23.4 Å². The Kier molecular flexibility index (Phi) is 3.45. The first kappa shape index (κ1) is 12.7. The van der Waals surface area contributed by atoms with Gasteiger partial charge in [0.05, 0.1) is 13.7 Å².